The predicted molar refractivity (Wildman–Crippen MR) is 125 cm³/mol. The zero-order valence-corrected chi connectivity index (χ0v) is 19.5. The summed E-state index contributed by atoms with van der Waals surface area (Å²) in [6.45, 7) is 2.17. The maximum atomic E-state index is 13.0. The summed E-state index contributed by atoms with van der Waals surface area (Å²) in [4.78, 5) is 36.0. The summed E-state index contributed by atoms with van der Waals surface area (Å²) < 4.78 is 0. The van der Waals surface area contributed by atoms with Gasteiger partial charge in [0, 0.05) is 13.0 Å². The number of rotatable bonds is 17. The van der Waals surface area contributed by atoms with Crippen molar-refractivity contribution in [3.05, 3.63) is 35.9 Å². The fourth-order valence-corrected chi connectivity index (χ4v) is 3.77. The van der Waals surface area contributed by atoms with E-state index < -0.39 is 24.0 Å². The molecular formula is C25H40N2O5. The molecule has 0 aliphatic rings. The Labute approximate surface area is 192 Å². The van der Waals surface area contributed by atoms with Crippen molar-refractivity contribution in [2.75, 3.05) is 7.05 Å². The van der Waals surface area contributed by atoms with Crippen molar-refractivity contribution in [2.45, 2.75) is 89.7 Å². The van der Waals surface area contributed by atoms with Gasteiger partial charge in [-0.15, -0.1) is 0 Å². The van der Waals surface area contributed by atoms with Gasteiger partial charge in [-0.25, -0.2) is 0 Å². The van der Waals surface area contributed by atoms with Crippen LogP contribution in [0.4, 0.5) is 0 Å². The van der Waals surface area contributed by atoms with E-state index in [2.05, 4.69) is 17.6 Å². The Kier molecular flexibility index (Phi) is 14.0. The minimum Gasteiger partial charge on any atom is -0.481 e. The zero-order chi connectivity index (χ0) is 23.8. The van der Waals surface area contributed by atoms with E-state index in [0.717, 1.165) is 31.2 Å². The van der Waals surface area contributed by atoms with Crippen LogP contribution in [-0.4, -0.2) is 47.2 Å². The molecule has 1 rings (SSSR count). The van der Waals surface area contributed by atoms with Crippen molar-refractivity contribution < 1.29 is 24.6 Å². The molecule has 1 aromatic carbocycles. The molecule has 7 heteroatoms. The Morgan fingerprint density at radius 1 is 0.938 bits per heavy atom. The Hall–Kier alpha value is -2.41. The minimum absolute atomic E-state index is 0.143. The molecule has 0 saturated heterocycles. The van der Waals surface area contributed by atoms with Crippen LogP contribution in [0, 0.1) is 5.92 Å². The van der Waals surface area contributed by atoms with Gasteiger partial charge < -0.3 is 20.8 Å². The first-order valence-electron chi connectivity index (χ1n) is 11.8. The quantitative estimate of drug-likeness (QED) is 0.273. The maximum Gasteiger partial charge on any atom is 0.304 e. The molecule has 180 valence electrons. The van der Waals surface area contributed by atoms with E-state index in [1.165, 1.54) is 26.3 Å². The molecule has 0 unspecified atom stereocenters. The van der Waals surface area contributed by atoms with Crippen molar-refractivity contribution in [1.82, 2.24) is 10.6 Å². The second kappa shape index (κ2) is 16.3. The SMILES string of the molecule is CCCCCCCCC[C@H](CC(=O)O)C(=O)N[C@@H](Cc1ccccc1)[C@H](O)CC(=O)NC. The number of hydrogen-bond donors (Lipinski definition) is 4. The first-order chi connectivity index (χ1) is 15.4. The van der Waals surface area contributed by atoms with E-state index in [-0.39, 0.29) is 24.7 Å². The molecule has 3 atom stereocenters. The van der Waals surface area contributed by atoms with Gasteiger partial charge in [-0.2, -0.15) is 0 Å². The maximum absolute atomic E-state index is 13.0. The third kappa shape index (κ3) is 11.8. The number of benzene rings is 1. The van der Waals surface area contributed by atoms with Crippen molar-refractivity contribution in [3.8, 4) is 0 Å². The molecule has 0 bridgehead atoms. The first kappa shape index (κ1) is 27.6. The van der Waals surface area contributed by atoms with Crippen molar-refractivity contribution >= 4 is 17.8 Å². The van der Waals surface area contributed by atoms with Gasteiger partial charge in [0.15, 0.2) is 0 Å². The number of carboxylic acids is 1. The highest BCUT2D eigenvalue weighted by molar-refractivity contribution is 5.83. The van der Waals surface area contributed by atoms with E-state index in [9.17, 15) is 24.6 Å². The van der Waals surface area contributed by atoms with Crippen LogP contribution >= 0.6 is 0 Å². The number of aliphatic hydroxyl groups is 1. The number of carboxylic acid groups (broad SMARTS) is 1. The number of carbonyl (C=O) groups excluding carboxylic acids is 2. The van der Waals surface area contributed by atoms with Gasteiger partial charge in [0.05, 0.1) is 25.0 Å². The van der Waals surface area contributed by atoms with Crippen LogP contribution in [-0.2, 0) is 20.8 Å². The van der Waals surface area contributed by atoms with Crippen LogP contribution in [0.5, 0.6) is 0 Å². The fraction of sp³-hybridized carbons (Fsp3) is 0.640. The molecular weight excluding hydrogens is 408 g/mol. The Morgan fingerprint density at radius 3 is 2.16 bits per heavy atom. The lowest BCUT2D eigenvalue weighted by atomic mass is 9.94. The van der Waals surface area contributed by atoms with Crippen molar-refractivity contribution in [2.24, 2.45) is 5.92 Å². The van der Waals surface area contributed by atoms with Gasteiger partial charge in [-0.3, -0.25) is 14.4 Å². The Balaban J connectivity index is 2.74. The van der Waals surface area contributed by atoms with E-state index in [1.807, 2.05) is 30.3 Å². The van der Waals surface area contributed by atoms with Gasteiger partial charge in [0.2, 0.25) is 11.8 Å². The minimum atomic E-state index is -1.08. The molecule has 4 N–H and O–H groups in total. The molecule has 0 aliphatic heterocycles. The van der Waals surface area contributed by atoms with Crippen LogP contribution < -0.4 is 10.6 Å². The second-order valence-corrected chi connectivity index (χ2v) is 8.45. The summed E-state index contributed by atoms with van der Waals surface area (Å²) in [7, 11) is 1.49. The second-order valence-electron chi connectivity index (χ2n) is 8.45. The molecule has 2 amide bonds. The van der Waals surface area contributed by atoms with Gasteiger partial charge in [0.25, 0.3) is 0 Å². The first-order valence-corrected chi connectivity index (χ1v) is 11.8. The standard InChI is InChI=1S/C25H40N2O5/c1-3-4-5-6-7-8-12-15-20(17-24(30)31)25(32)27-21(22(28)18-23(29)26-2)16-19-13-10-9-11-14-19/h9-11,13-14,20-22,28H,3-8,12,15-18H2,1-2H3,(H,26,29)(H,27,32)(H,30,31)/t20-,21+,22-/m1/s1. The zero-order valence-electron chi connectivity index (χ0n) is 19.5. The van der Waals surface area contributed by atoms with Gasteiger partial charge in [-0.1, -0.05) is 82.2 Å². The molecule has 7 nitrogen and oxygen atoms in total. The summed E-state index contributed by atoms with van der Waals surface area (Å²) in [6.07, 6.45) is 7.02. The highest BCUT2D eigenvalue weighted by Crippen LogP contribution is 2.18. The molecule has 1 aromatic rings. The summed E-state index contributed by atoms with van der Waals surface area (Å²) in [5, 5.41) is 25.2. The highest BCUT2D eigenvalue weighted by atomic mass is 16.4. The van der Waals surface area contributed by atoms with Gasteiger partial charge in [-0.05, 0) is 18.4 Å². The average molecular weight is 449 g/mol. The number of carbonyl (C=O) groups is 3. The Bertz CT molecular complexity index is 680. The molecule has 0 heterocycles. The van der Waals surface area contributed by atoms with Crippen molar-refractivity contribution in [1.29, 1.82) is 0 Å². The number of unbranched alkanes of at least 4 members (excludes halogenated alkanes) is 6. The summed E-state index contributed by atoms with van der Waals surface area (Å²) in [6, 6.07) is 8.70. The van der Waals surface area contributed by atoms with Crippen molar-refractivity contribution in [3.63, 3.8) is 0 Å². The van der Waals surface area contributed by atoms with E-state index in [1.54, 1.807) is 0 Å². The topological polar surface area (TPSA) is 116 Å². The van der Waals surface area contributed by atoms with Gasteiger partial charge in [0.1, 0.15) is 0 Å². The lowest BCUT2D eigenvalue weighted by molar-refractivity contribution is -0.141. The molecule has 32 heavy (non-hydrogen) atoms. The summed E-state index contributed by atoms with van der Waals surface area (Å²) in [5.74, 6) is -2.38. The largest absolute Gasteiger partial charge is 0.481 e. The molecule has 0 radical (unpaired) electrons. The number of aliphatic hydroxyl groups excluding tert-OH is 1. The van der Waals surface area contributed by atoms with Gasteiger partial charge >= 0.3 is 5.97 Å². The van der Waals surface area contributed by atoms with E-state index >= 15 is 0 Å². The van der Waals surface area contributed by atoms with Crippen LogP contribution in [0.15, 0.2) is 30.3 Å². The predicted octanol–water partition coefficient (Wildman–Crippen LogP) is 3.44. The normalized spacial score (nSPS) is 13.7. The third-order valence-corrected chi connectivity index (χ3v) is 5.71. The fourth-order valence-electron chi connectivity index (χ4n) is 3.77. The van der Waals surface area contributed by atoms with E-state index in [4.69, 9.17) is 0 Å². The number of aliphatic carboxylic acids is 1. The average Bonchev–Trinajstić information content (AvgIpc) is 2.77. The monoisotopic (exact) mass is 448 g/mol. The third-order valence-electron chi connectivity index (χ3n) is 5.71. The van der Waals surface area contributed by atoms with E-state index in [0.29, 0.717) is 12.8 Å². The molecule has 0 saturated carbocycles. The van der Waals surface area contributed by atoms with Crippen LogP contribution in [0.25, 0.3) is 0 Å². The highest BCUT2D eigenvalue weighted by Gasteiger charge is 2.28. The lowest BCUT2D eigenvalue weighted by Crippen LogP contribution is -2.48. The molecule has 0 fully saturated rings. The molecule has 0 aliphatic carbocycles. The van der Waals surface area contributed by atoms with Crippen LogP contribution in [0.1, 0.15) is 76.7 Å². The Morgan fingerprint density at radius 2 is 1.56 bits per heavy atom. The molecule has 0 spiro atoms. The number of amides is 2. The summed E-state index contributed by atoms with van der Waals surface area (Å²) >= 11 is 0. The smallest absolute Gasteiger partial charge is 0.304 e. The van der Waals surface area contributed by atoms with Crippen LogP contribution in [0.2, 0.25) is 0 Å². The van der Waals surface area contributed by atoms with Crippen LogP contribution in [0.3, 0.4) is 0 Å². The lowest BCUT2D eigenvalue weighted by Gasteiger charge is -2.26. The summed E-state index contributed by atoms with van der Waals surface area (Å²) in [5.41, 5.74) is 0.913. The number of nitrogens with one attached hydrogen (secondary N) is 2. The molecule has 0 aromatic heterocycles. The number of hydrogen-bond acceptors (Lipinski definition) is 4.